The Kier molecular flexibility index (Phi) is 5.85. The van der Waals surface area contributed by atoms with Crippen molar-refractivity contribution in [3.8, 4) is 0 Å². The molecule has 0 aliphatic carbocycles. The van der Waals surface area contributed by atoms with Crippen molar-refractivity contribution in [1.29, 1.82) is 0 Å². The van der Waals surface area contributed by atoms with E-state index in [-0.39, 0.29) is 11.2 Å². The van der Waals surface area contributed by atoms with E-state index in [1.54, 1.807) is 18.6 Å². The number of amides is 1. The number of aromatic nitrogens is 2. The molecule has 88 valence electrons. The van der Waals surface area contributed by atoms with Gasteiger partial charge in [-0.25, -0.2) is 4.98 Å². The molecular formula is C11H17N3OS. The first-order chi connectivity index (χ1) is 7.74. The third-order valence-electron chi connectivity index (χ3n) is 2.04. The summed E-state index contributed by atoms with van der Waals surface area (Å²) >= 11 is 1.42. The molecule has 0 unspecified atom stereocenters. The number of hydrogen-bond acceptors (Lipinski definition) is 4. The molecular weight excluding hydrogens is 222 g/mol. The second-order valence-corrected chi connectivity index (χ2v) is 4.81. The fraction of sp³-hybridized carbons (Fsp3) is 0.545. The maximum Gasteiger partial charge on any atom is 0.233 e. The number of nitrogens with one attached hydrogen (secondary N) is 1. The standard InChI is InChI=1S/C11H17N3OS/c1-3-4-5-14-11(15)9(2)16-10-8-12-6-7-13-10/h6-9H,3-5H2,1-2H3,(H,14,15)/t9-/m1/s1. The summed E-state index contributed by atoms with van der Waals surface area (Å²) in [5.41, 5.74) is 0. The third-order valence-corrected chi connectivity index (χ3v) is 3.06. The van der Waals surface area contributed by atoms with Gasteiger partial charge in [0.15, 0.2) is 0 Å². The van der Waals surface area contributed by atoms with Gasteiger partial charge < -0.3 is 5.32 Å². The van der Waals surface area contributed by atoms with Crippen LogP contribution in [0.25, 0.3) is 0 Å². The van der Waals surface area contributed by atoms with E-state index in [1.165, 1.54) is 11.8 Å². The molecule has 1 atom stereocenters. The van der Waals surface area contributed by atoms with E-state index < -0.39 is 0 Å². The van der Waals surface area contributed by atoms with E-state index in [9.17, 15) is 4.79 Å². The van der Waals surface area contributed by atoms with Crippen LogP contribution in [0.4, 0.5) is 0 Å². The maximum atomic E-state index is 11.6. The number of carbonyl (C=O) groups excluding carboxylic acids is 1. The Morgan fingerprint density at radius 1 is 1.56 bits per heavy atom. The molecule has 0 aromatic carbocycles. The average Bonchev–Trinajstić information content (AvgIpc) is 2.30. The first kappa shape index (κ1) is 13.0. The lowest BCUT2D eigenvalue weighted by Gasteiger charge is -2.10. The van der Waals surface area contributed by atoms with Crippen LogP contribution in [0.1, 0.15) is 26.7 Å². The van der Waals surface area contributed by atoms with E-state index >= 15 is 0 Å². The minimum Gasteiger partial charge on any atom is -0.355 e. The Morgan fingerprint density at radius 2 is 2.38 bits per heavy atom. The summed E-state index contributed by atoms with van der Waals surface area (Å²) in [5.74, 6) is 0.0594. The van der Waals surface area contributed by atoms with Crippen molar-refractivity contribution in [2.75, 3.05) is 6.54 Å². The average molecular weight is 239 g/mol. The summed E-state index contributed by atoms with van der Waals surface area (Å²) in [4.78, 5) is 19.7. The smallest absolute Gasteiger partial charge is 0.233 e. The molecule has 1 aromatic heterocycles. The van der Waals surface area contributed by atoms with E-state index in [4.69, 9.17) is 0 Å². The van der Waals surface area contributed by atoms with Crippen LogP contribution in [-0.2, 0) is 4.79 Å². The zero-order valence-corrected chi connectivity index (χ0v) is 10.5. The predicted octanol–water partition coefficient (Wildman–Crippen LogP) is 1.87. The zero-order chi connectivity index (χ0) is 11.8. The minimum atomic E-state index is -0.131. The van der Waals surface area contributed by atoms with Gasteiger partial charge in [0.1, 0.15) is 5.03 Å². The van der Waals surface area contributed by atoms with Gasteiger partial charge >= 0.3 is 0 Å². The summed E-state index contributed by atoms with van der Waals surface area (Å²) < 4.78 is 0. The number of thioether (sulfide) groups is 1. The first-order valence-corrected chi connectivity index (χ1v) is 6.32. The molecule has 5 heteroatoms. The Labute approximate surface area is 100 Å². The largest absolute Gasteiger partial charge is 0.355 e. The van der Waals surface area contributed by atoms with Crippen molar-refractivity contribution in [3.05, 3.63) is 18.6 Å². The highest BCUT2D eigenvalue weighted by molar-refractivity contribution is 8.00. The van der Waals surface area contributed by atoms with Gasteiger partial charge in [0, 0.05) is 18.9 Å². The van der Waals surface area contributed by atoms with Crippen molar-refractivity contribution < 1.29 is 4.79 Å². The highest BCUT2D eigenvalue weighted by atomic mass is 32.2. The number of hydrogen-bond donors (Lipinski definition) is 1. The van der Waals surface area contributed by atoms with Gasteiger partial charge in [0.25, 0.3) is 0 Å². The number of nitrogens with zero attached hydrogens (tertiary/aromatic N) is 2. The molecule has 0 radical (unpaired) electrons. The second kappa shape index (κ2) is 7.22. The van der Waals surface area contributed by atoms with Gasteiger partial charge in [0.2, 0.25) is 5.91 Å². The van der Waals surface area contributed by atoms with Crippen LogP contribution in [0.3, 0.4) is 0 Å². The predicted molar refractivity (Wildman–Crippen MR) is 65.3 cm³/mol. The summed E-state index contributed by atoms with van der Waals surface area (Å²) in [7, 11) is 0. The van der Waals surface area contributed by atoms with Crippen LogP contribution in [0.15, 0.2) is 23.6 Å². The monoisotopic (exact) mass is 239 g/mol. The molecule has 4 nitrogen and oxygen atoms in total. The van der Waals surface area contributed by atoms with E-state index in [1.807, 2.05) is 6.92 Å². The Hall–Kier alpha value is -1.10. The first-order valence-electron chi connectivity index (χ1n) is 5.44. The van der Waals surface area contributed by atoms with Crippen molar-refractivity contribution in [1.82, 2.24) is 15.3 Å². The summed E-state index contributed by atoms with van der Waals surface area (Å²) in [5, 5.41) is 3.54. The maximum absolute atomic E-state index is 11.6. The fourth-order valence-electron chi connectivity index (χ4n) is 1.11. The van der Waals surface area contributed by atoms with Crippen LogP contribution in [0, 0.1) is 0 Å². The Morgan fingerprint density at radius 3 is 3.00 bits per heavy atom. The van der Waals surface area contributed by atoms with Crippen LogP contribution in [0.2, 0.25) is 0 Å². The lowest BCUT2D eigenvalue weighted by Crippen LogP contribution is -2.31. The molecule has 1 heterocycles. The quantitative estimate of drug-likeness (QED) is 0.608. The summed E-state index contributed by atoms with van der Waals surface area (Å²) in [6, 6.07) is 0. The van der Waals surface area contributed by atoms with Gasteiger partial charge in [0.05, 0.1) is 11.4 Å². The van der Waals surface area contributed by atoms with Crippen LogP contribution in [-0.4, -0.2) is 27.7 Å². The molecule has 1 rings (SSSR count). The third kappa shape index (κ3) is 4.61. The van der Waals surface area contributed by atoms with E-state index in [2.05, 4.69) is 22.2 Å². The topological polar surface area (TPSA) is 54.9 Å². The van der Waals surface area contributed by atoms with Gasteiger partial charge in [-0.05, 0) is 13.3 Å². The molecule has 1 aromatic rings. The van der Waals surface area contributed by atoms with Crippen molar-refractivity contribution >= 4 is 17.7 Å². The molecule has 0 saturated carbocycles. The van der Waals surface area contributed by atoms with Gasteiger partial charge in [-0.1, -0.05) is 25.1 Å². The molecule has 0 fully saturated rings. The summed E-state index contributed by atoms with van der Waals surface area (Å²) in [6.45, 7) is 4.73. The Balaban J connectivity index is 2.34. The number of unbranched alkanes of at least 4 members (excludes halogenated alkanes) is 1. The van der Waals surface area contributed by atoms with Gasteiger partial charge in [-0.3, -0.25) is 9.78 Å². The highest BCUT2D eigenvalue weighted by Gasteiger charge is 2.14. The molecule has 0 spiro atoms. The minimum absolute atomic E-state index is 0.0594. The van der Waals surface area contributed by atoms with Crippen molar-refractivity contribution in [2.45, 2.75) is 37.0 Å². The van der Waals surface area contributed by atoms with E-state index in [0.29, 0.717) is 0 Å². The van der Waals surface area contributed by atoms with E-state index in [0.717, 1.165) is 24.4 Å². The van der Waals surface area contributed by atoms with Crippen molar-refractivity contribution in [2.24, 2.45) is 0 Å². The molecule has 16 heavy (non-hydrogen) atoms. The Bertz CT molecular complexity index is 318. The highest BCUT2D eigenvalue weighted by Crippen LogP contribution is 2.19. The summed E-state index contributed by atoms with van der Waals surface area (Å²) in [6.07, 6.45) is 7.03. The van der Waals surface area contributed by atoms with Crippen LogP contribution < -0.4 is 5.32 Å². The van der Waals surface area contributed by atoms with Crippen LogP contribution in [0.5, 0.6) is 0 Å². The van der Waals surface area contributed by atoms with Crippen LogP contribution >= 0.6 is 11.8 Å². The number of carbonyl (C=O) groups is 1. The second-order valence-electron chi connectivity index (χ2n) is 3.45. The normalized spacial score (nSPS) is 12.1. The molecule has 1 amide bonds. The molecule has 0 saturated heterocycles. The fourth-order valence-corrected chi connectivity index (χ4v) is 1.91. The molecule has 1 N–H and O–H groups in total. The SMILES string of the molecule is CCCCNC(=O)[C@@H](C)Sc1cnccn1. The van der Waals surface area contributed by atoms with Gasteiger partial charge in [-0.2, -0.15) is 0 Å². The number of rotatable bonds is 6. The lowest BCUT2D eigenvalue weighted by molar-refractivity contribution is -0.120. The van der Waals surface area contributed by atoms with Gasteiger partial charge in [-0.15, -0.1) is 0 Å². The van der Waals surface area contributed by atoms with Crippen molar-refractivity contribution in [3.63, 3.8) is 0 Å². The zero-order valence-electron chi connectivity index (χ0n) is 9.64. The molecule has 0 aliphatic heterocycles. The molecule has 0 aliphatic rings. The lowest BCUT2D eigenvalue weighted by atomic mass is 10.3. The molecule has 0 bridgehead atoms.